The molecule has 0 bridgehead atoms. The second-order valence-corrected chi connectivity index (χ2v) is 7.60. The third kappa shape index (κ3) is 4.59. The SMILES string of the molecule is COc1c(OCc2ccc(F)cc2)cc2oc(OC3CCN(C)CC3)cc(=O)c2c1O. The molecule has 31 heavy (non-hydrogen) atoms. The van der Waals surface area contributed by atoms with Crippen LogP contribution in [0.15, 0.2) is 45.6 Å². The molecule has 0 saturated carbocycles. The maximum Gasteiger partial charge on any atom is 0.289 e. The first-order chi connectivity index (χ1) is 14.9. The lowest BCUT2D eigenvalue weighted by molar-refractivity contribution is 0.0908. The highest BCUT2D eigenvalue weighted by molar-refractivity contribution is 5.88. The fourth-order valence-electron chi connectivity index (χ4n) is 3.61. The van der Waals surface area contributed by atoms with Crippen molar-refractivity contribution >= 4 is 11.0 Å². The van der Waals surface area contributed by atoms with Gasteiger partial charge in [-0.15, -0.1) is 0 Å². The minimum absolute atomic E-state index is 0.0123. The molecule has 0 unspecified atom stereocenters. The molecular formula is C23H24FNO6. The Morgan fingerprint density at radius 3 is 2.58 bits per heavy atom. The van der Waals surface area contributed by atoms with Crippen molar-refractivity contribution < 1.29 is 28.1 Å². The highest BCUT2D eigenvalue weighted by Gasteiger charge is 2.22. The molecule has 1 aliphatic rings. The first kappa shape index (κ1) is 21.0. The number of hydrogen-bond donors (Lipinski definition) is 1. The van der Waals surface area contributed by atoms with Crippen LogP contribution in [0.4, 0.5) is 4.39 Å². The Hall–Kier alpha value is -3.26. The van der Waals surface area contributed by atoms with Crippen LogP contribution in [0.25, 0.3) is 11.0 Å². The van der Waals surface area contributed by atoms with Crippen LogP contribution in [-0.2, 0) is 6.61 Å². The molecule has 1 saturated heterocycles. The number of phenolic OH excluding ortho intramolecular Hbond substituents is 1. The van der Waals surface area contributed by atoms with Crippen molar-refractivity contribution in [2.75, 3.05) is 27.2 Å². The van der Waals surface area contributed by atoms with Gasteiger partial charge in [0.15, 0.2) is 11.5 Å². The van der Waals surface area contributed by atoms with Gasteiger partial charge in [-0.3, -0.25) is 4.79 Å². The number of phenols is 1. The smallest absolute Gasteiger partial charge is 0.289 e. The predicted molar refractivity (Wildman–Crippen MR) is 113 cm³/mol. The molecule has 1 fully saturated rings. The Morgan fingerprint density at radius 2 is 1.90 bits per heavy atom. The predicted octanol–water partition coefficient (Wildman–Crippen LogP) is 3.70. The molecule has 1 aromatic heterocycles. The highest BCUT2D eigenvalue weighted by atomic mass is 19.1. The van der Waals surface area contributed by atoms with E-state index in [1.54, 1.807) is 12.1 Å². The number of benzene rings is 2. The molecule has 1 aliphatic heterocycles. The van der Waals surface area contributed by atoms with E-state index in [2.05, 4.69) is 11.9 Å². The molecule has 2 heterocycles. The number of nitrogens with zero attached hydrogens (tertiary/aromatic N) is 1. The van der Waals surface area contributed by atoms with Crippen LogP contribution in [0.1, 0.15) is 18.4 Å². The lowest BCUT2D eigenvalue weighted by Crippen LogP contribution is -2.35. The maximum absolute atomic E-state index is 13.1. The van der Waals surface area contributed by atoms with Gasteiger partial charge in [0.1, 0.15) is 29.5 Å². The molecule has 1 N–H and O–H groups in total. The van der Waals surface area contributed by atoms with Gasteiger partial charge in [-0.05, 0) is 37.6 Å². The number of likely N-dealkylation sites (tertiary alicyclic amines) is 1. The van der Waals surface area contributed by atoms with Crippen molar-refractivity contribution in [1.82, 2.24) is 4.90 Å². The summed E-state index contributed by atoms with van der Waals surface area (Å²) in [4.78, 5) is 14.9. The number of ether oxygens (including phenoxy) is 3. The molecule has 164 valence electrons. The summed E-state index contributed by atoms with van der Waals surface area (Å²) in [7, 11) is 3.42. The minimum Gasteiger partial charge on any atom is -0.504 e. The second kappa shape index (κ2) is 8.85. The molecule has 0 atom stereocenters. The largest absolute Gasteiger partial charge is 0.504 e. The normalized spacial score (nSPS) is 15.2. The summed E-state index contributed by atoms with van der Waals surface area (Å²) < 4.78 is 35.8. The van der Waals surface area contributed by atoms with Crippen LogP contribution >= 0.6 is 0 Å². The lowest BCUT2D eigenvalue weighted by Gasteiger charge is -2.28. The van der Waals surface area contributed by atoms with E-state index < -0.39 is 5.43 Å². The Kier molecular flexibility index (Phi) is 5.99. The number of piperidine rings is 1. The summed E-state index contributed by atoms with van der Waals surface area (Å²) in [5, 5.41) is 10.6. The Bertz CT molecular complexity index is 1120. The van der Waals surface area contributed by atoms with Crippen LogP contribution < -0.4 is 19.6 Å². The first-order valence-electron chi connectivity index (χ1n) is 10.0. The van der Waals surface area contributed by atoms with Crippen LogP contribution in [0, 0.1) is 5.82 Å². The van der Waals surface area contributed by atoms with Gasteiger partial charge in [-0.25, -0.2) is 4.39 Å². The minimum atomic E-state index is -0.440. The number of halogens is 1. The average Bonchev–Trinajstić information content (AvgIpc) is 2.74. The van der Waals surface area contributed by atoms with Crippen LogP contribution in [0.2, 0.25) is 0 Å². The zero-order chi connectivity index (χ0) is 22.0. The van der Waals surface area contributed by atoms with E-state index in [4.69, 9.17) is 18.6 Å². The molecule has 0 aliphatic carbocycles. The summed E-state index contributed by atoms with van der Waals surface area (Å²) >= 11 is 0. The quantitative estimate of drug-likeness (QED) is 0.640. The number of rotatable bonds is 6. The van der Waals surface area contributed by atoms with E-state index in [1.807, 2.05) is 0 Å². The summed E-state index contributed by atoms with van der Waals surface area (Å²) in [6, 6.07) is 8.57. The first-order valence-corrected chi connectivity index (χ1v) is 10.0. The topological polar surface area (TPSA) is 81.4 Å². The van der Waals surface area contributed by atoms with Crippen LogP contribution in [0.3, 0.4) is 0 Å². The number of hydrogen-bond acceptors (Lipinski definition) is 7. The highest BCUT2D eigenvalue weighted by Crippen LogP contribution is 2.42. The maximum atomic E-state index is 13.1. The van der Waals surface area contributed by atoms with E-state index in [9.17, 15) is 14.3 Å². The van der Waals surface area contributed by atoms with Crippen molar-refractivity contribution in [2.24, 2.45) is 0 Å². The Balaban J connectivity index is 1.64. The van der Waals surface area contributed by atoms with Gasteiger partial charge in [-0.1, -0.05) is 12.1 Å². The van der Waals surface area contributed by atoms with E-state index in [1.165, 1.54) is 31.4 Å². The van der Waals surface area contributed by atoms with E-state index in [0.29, 0.717) is 0 Å². The van der Waals surface area contributed by atoms with E-state index >= 15 is 0 Å². The van der Waals surface area contributed by atoms with Gasteiger partial charge in [0.2, 0.25) is 11.2 Å². The van der Waals surface area contributed by atoms with Gasteiger partial charge in [0.25, 0.3) is 5.95 Å². The van der Waals surface area contributed by atoms with Crippen molar-refractivity contribution in [3.8, 4) is 23.2 Å². The van der Waals surface area contributed by atoms with Gasteiger partial charge in [0, 0.05) is 19.2 Å². The Morgan fingerprint density at radius 1 is 1.19 bits per heavy atom. The average molecular weight is 429 g/mol. The standard InChI is InChI=1S/C23H24FNO6/c1-25-9-7-16(8-10-25)30-20-11-17(26)21-18(31-20)12-19(23(28-2)22(21)27)29-13-14-3-5-15(24)6-4-14/h3-6,11-12,16,27H,7-10,13H2,1-2H3. The monoisotopic (exact) mass is 429 g/mol. The van der Waals surface area contributed by atoms with Crippen LogP contribution in [-0.4, -0.2) is 43.4 Å². The summed E-state index contributed by atoms with van der Waals surface area (Å²) in [6.07, 6.45) is 1.62. The van der Waals surface area contributed by atoms with Gasteiger partial charge < -0.3 is 28.6 Å². The van der Waals surface area contributed by atoms with Gasteiger partial charge in [-0.2, -0.15) is 0 Å². The van der Waals surface area contributed by atoms with E-state index in [0.717, 1.165) is 31.5 Å². The zero-order valence-corrected chi connectivity index (χ0v) is 17.4. The Labute approximate surface area is 178 Å². The van der Waals surface area contributed by atoms with Crippen molar-refractivity contribution in [2.45, 2.75) is 25.6 Å². The van der Waals surface area contributed by atoms with Gasteiger partial charge >= 0.3 is 0 Å². The number of aromatic hydroxyl groups is 1. The molecule has 2 aromatic carbocycles. The zero-order valence-electron chi connectivity index (χ0n) is 17.4. The number of fused-ring (bicyclic) bond motifs is 1. The van der Waals surface area contributed by atoms with Crippen molar-refractivity contribution in [3.05, 3.63) is 58.0 Å². The summed E-state index contributed by atoms with van der Waals surface area (Å²) in [5.74, 6) is -0.402. The molecule has 8 heteroatoms. The molecular weight excluding hydrogens is 405 g/mol. The van der Waals surface area contributed by atoms with Crippen molar-refractivity contribution in [1.29, 1.82) is 0 Å². The molecule has 4 rings (SSSR count). The van der Waals surface area contributed by atoms with Crippen molar-refractivity contribution in [3.63, 3.8) is 0 Å². The molecule has 7 nitrogen and oxygen atoms in total. The van der Waals surface area contributed by atoms with E-state index in [-0.39, 0.29) is 52.7 Å². The van der Waals surface area contributed by atoms with Crippen LogP contribution in [0.5, 0.6) is 23.2 Å². The third-order valence-electron chi connectivity index (χ3n) is 5.35. The molecule has 3 aromatic rings. The summed E-state index contributed by atoms with van der Waals surface area (Å²) in [5.41, 5.74) is 0.414. The lowest BCUT2D eigenvalue weighted by atomic mass is 10.1. The molecule has 0 spiro atoms. The number of methoxy groups -OCH3 is 1. The fraction of sp³-hybridized carbons (Fsp3) is 0.348. The second-order valence-electron chi connectivity index (χ2n) is 7.60. The fourth-order valence-corrected chi connectivity index (χ4v) is 3.61. The van der Waals surface area contributed by atoms with Gasteiger partial charge in [0.05, 0.1) is 13.2 Å². The molecule has 0 amide bonds. The molecule has 0 radical (unpaired) electrons. The summed E-state index contributed by atoms with van der Waals surface area (Å²) in [6.45, 7) is 1.92. The third-order valence-corrected chi connectivity index (χ3v) is 5.35.